The molecule has 18 heavy (non-hydrogen) atoms. The first-order valence-electron chi connectivity index (χ1n) is 6.55. The van der Waals surface area contributed by atoms with Crippen LogP contribution < -0.4 is 5.32 Å². The lowest BCUT2D eigenvalue weighted by atomic mass is 10.1. The van der Waals surface area contributed by atoms with E-state index in [1.165, 1.54) is 12.8 Å². The van der Waals surface area contributed by atoms with Crippen molar-refractivity contribution in [3.63, 3.8) is 0 Å². The van der Waals surface area contributed by atoms with E-state index >= 15 is 0 Å². The third kappa shape index (κ3) is 3.82. The zero-order valence-electron chi connectivity index (χ0n) is 10.9. The van der Waals surface area contributed by atoms with Gasteiger partial charge in [-0.25, -0.2) is 9.97 Å². The molecule has 0 saturated carbocycles. The van der Waals surface area contributed by atoms with Gasteiger partial charge in [-0.15, -0.1) is 0 Å². The fourth-order valence-electron chi connectivity index (χ4n) is 1.97. The van der Waals surface area contributed by atoms with E-state index < -0.39 is 0 Å². The van der Waals surface area contributed by atoms with E-state index in [-0.39, 0.29) is 12.0 Å². The highest BCUT2D eigenvalue weighted by Crippen LogP contribution is 2.18. The molecular weight excluding hydrogens is 250 g/mol. The molecule has 1 N–H and O–H groups in total. The molecule has 0 aromatic carbocycles. The maximum absolute atomic E-state index is 5.99. The molecule has 0 spiro atoms. The molecule has 2 rings (SSSR count). The fraction of sp³-hybridized carbons (Fsp3) is 0.692. The first-order chi connectivity index (χ1) is 8.65. The van der Waals surface area contributed by atoms with Crippen molar-refractivity contribution in [2.75, 3.05) is 18.5 Å². The van der Waals surface area contributed by atoms with E-state index in [9.17, 15) is 0 Å². The molecule has 1 saturated heterocycles. The van der Waals surface area contributed by atoms with Crippen LogP contribution >= 0.6 is 11.6 Å². The number of nitrogens with zero attached hydrogens (tertiary/aromatic N) is 2. The Bertz CT molecular complexity index is 392. The monoisotopic (exact) mass is 269 g/mol. The van der Waals surface area contributed by atoms with Gasteiger partial charge in [0.2, 0.25) is 0 Å². The summed E-state index contributed by atoms with van der Waals surface area (Å²) in [5.74, 6) is 1.83. The van der Waals surface area contributed by atoms with Crippen molar-refractivity contribution in [3.05, 3.63) is 17.0 Å². The second-order valence-electron chi connectivity index (χ2n) is 4.96. The SMILES string of the molecule is CC(C)c1nc(Cl)cc(NCC2CCCCO2)n1. The summed E-state index contributed by atoms with van der Waals surface area (Å²) in [6.45, 7) is 5.76. The zero-order valence-corrected chi connectivity index (χ0v) is 11.7. The third-order valence-corrected chi connectivity index (χ3v) is 3.21. The van der Waals surface area contributed by atoms with E-state index in [0.717, 1.165) is 31.2 Å². The van der Waals surface area contributed by atoms with Gasteiger partial charge in [-0.2, -0.15) is 0 Å². The van der Waals surface area contributed by atoms with Crippen molar-refractivity contribution in [1.29, 1.82) is 0 Å². The summed E-state index contributed by atoms with van der Waals surface area (Å²) in [7, 11) is 0. The van der Waals surface area contributed by atoms with Gasteiger partial charge >= 0.3 is 0 Å². The molecule has 1 unspecified atom stereocenters. The fourth-order valence-corrected chi connectivity index (χ4v) is 2.16. The highest BCUT2D eigenvalue weighted by Gasteiger charge is 2.14. The number of hydrogen-bond donors (Lipinski definition) is 1. The topological polar surface area (TPSA) is 47.0 Å². The van der Waals surface area contributed by atoms with E-state index in [4.69, 9.17) is 16.3 Å². The lowest BCUT2D eigenvalue weighted by molar-refractivity contribution is 0.0247. The van der Waals surface area contributed by atoms with Crippen LogP contribution in [-0.2, 0) is 4.74 Å². The summed E-state index contributed by atoms with van der Waals surface area (Å²) >= 11 is 5.99. The zero-order chi connectivity index (χ0) is 13.0. The molecule has 100 valence electrons. The quantitative estimate of drug-likeness (QED) is 0.853. The molecule has 1 aromatic rings. The summed E-state index contributed by atoms with van der Waals surface area (Å²) in [6, 6.07) is 1.76. The van der Waals surface area contributed by atoms with Crippen LogP contribution in [-0.4, -0.2) is 29.2 Å². The number of nitrogens with one attached hydrogen (secondary N) is 1. The van der Waals surface area contributed by atoms with Crippen molar-refractivity contribution in [2.24, 2.45) is 0 Å². The Morgan fingerprint density at radius 3 is 2.94 bits per heavy atom. The minimum atomic E-state index is 0.273. The maximum atomic E-state index is 5.99. The van der Waals surface area contributed by atoms with Crippen molar-refractivity contribution < 1.29 is 4.74 Å². The molecule has 1 aliphatic rings. The molecule has 1 aromatic heterocycles. The van der Waals surface area contributed by atoms with Crippen LogP contribution in [0, 0.1) is 0 Å². The maximum Gasteiger partial charge on any atom is 0.135 e. The van der Waals surface area contributed by atoms with Crippen LogP contribution in [0.25, 0.3) is 0 Å². The van der Waals surface area contributed by atoms with E-state index in [2.05, 4.69) is 29.1 Å². The van der Waals surface area contributed by atoms with Crippen molar-refractivity contribution in [3.8, 4) is 0 Å². The van der Waals surface area contributed by atoms with Gasteiger partial charge < -0.3 is 10.1 Å². The molecule has 1 fully saturated rings. The predicted molar refractivity (Wildman–Crippen MR) is 73.2 cm³/mol. The van der Waals surface area contributed by atoms with Crippen LogP contribution in [0.2, 0.25) is 5.15 Å². The Morgan fingerprint density at radius 2 is 2.28 bits per heavy atom. The molecule has 0 bridgehead atoms. The lowest BCUT2D eigenvalue weighted by Gasteiger charge is -2.23. The van der Waals surface area contributed by atoms with Gasteiger partial charge in [-0.1, -0.05) is 25.4 Å². The normalized spacial score (nSPS) is 20.1. The first kappa shape index (κ1) is 13.6. The Labute approximate surface area is 113 Å². The summed E-state index contributed by atoms with van der Waals surface area (Å²) in [5.41, 5.74) is 0. The standard InChI is InChI=1S/C13H20ClN3O/c1-9(2)13-16-11(14)7-12(17-13)15-8-10-5-3-4-6-18-10/h7,9-10H,3-6,8H2,1-2H3,(H,15,16,17). The Hall–Kier alpha value is -0.870. The van der Waals surface area contributed by atoms with Crippen molar-refractivity contribution >= 4 is 17.4 Å². The Morgan fingerprint density at radius 1 is 1.44 bits per heavy atom. The average Bonchev–Trinajstić information content (AvgIpc) is 2.37. The summed E-state index contributed by atoms with van der Waals surface area (Å²) in [4.78, 5) is 8.67. The second-order valence-corrected chi connectivity index (χ2v) is 5.35. The number of ether oxygens (including phenoxy) is 1. The van der Waals surface area contributed by atoms with E-state index in [1.54, 1.807) is 6.07 Å². The number of anilines is 1. The molecule has 0 radical (unpaired) electrons. The average molecular weight is 270 g/mol. The van der Waals surface area contributed by atoms with E-state index in [0.29, 0.717) is 5.15 Å². The van der Waals surface area contributed by atoms with Gasteiger partial charge in [-0.05, 0) is 19.3 Å². The Balaban J connectivity index is 1.95. The van der Waals surface area contributed by atoms with Crippen molar-refractivity contribution in [2.45, 2.75) is 45.1 Å². The summed E-state index contributed by atoms with van der Waals surface area (Å²) < 4.78 is 5.67. The lowest BCUT2D eigenvalue weighted by Crippen LogP contribution is -2.27. The number of aromatic nitrogens is 2. The summed E-state index contributed by atoms with van der Waals surface area (Å²) in [5, 5.41) is 3.78. The van der Waals surface area contributed by atoms with E-state index in [1.807, 2.05) is 0 Å². The predicted octanol–water partition coefficient (Wildman–Crippen LogP) is 3.23. The molecule has 2 heterocycles. The molecule has 1 aliphatic heterocycles. The largest absolute Gasteiger partial charge is 0.376 e. The second kappa shape index (κ2) is 6.34. The number of rotatable bonds is 4. The van der Waals surface area contributed by atoms with Crippen LogP contribution in [0.15, 0.2) is 6.07 Å². The highest BCUT2D eigenvalue weighted by atomic mass is 35.5. The van der Waals surface area contributed by atoms with Gasteiger partial charge in [0.15, 0.2) is 0 Å². The van der Waals surface area contributed by atoms with Gasteiger partial charge in [0.25, 0.3) is 0 Å². The van der Waals surface area contributed by atoms with Crippen LogP contribution in [0.1, 0.15) is 44.9 Å². The molecule has 0 aliphatic carbocycles. The number of hydrogen-bond acceptors (Lipinski definition) is 4. The smallest absolute Gasteiger partial charge is 0.135 e. The van der Waals surface area contributed by atoms with Crippen LogP contribution in [0.4, 0.5) is 5.82 Å². The van der Waals surface area contributed by atoms with Gasteiger partial charge in [0.1, 0.15) is 16.8 Å². The number of halogens is 1. The third-order valence-electron chi connectivity index (χ3n) is 3.01. The first-order valence-corrected chi connectivity index (χ1v) is 6.93. The Kier molecular flexibility index (Phi) is 4.78. The van der Waals surface area contributed by atoms with Gasteiger partial charge in [-0.3, -0.25) is 0 Å². The molecule has 1 atom stereocenters. The minimum Gasteiger partial charge on any atom is -0.376 e. The van der Waals surface area contributed by atoms with Crippen LogP contribution in [0.5, 0.6) is 0 Å². The molecule has 4 nitrogen and oxygen atoms in total. The molecule has 5 heteroatoms. The van der Waals surface area contributed by atoms with Crippen LogP contribution in [0.3, 0.4) is 0 Å². The minimum absolute atomic E-state index is 0.273. The molecular formula is C13H20ClN3O. The molecule has 0 amide bonds. The van der Waals surface area contributed by atoms with Gasteiger partial charge in [0.05, 0.1) is 6.10 Å². The highest BCUT2D eigenvalue weighted by molar-refractivity contribution is 6.29. The van der Waals surface area contributed by atoms with Gasteiger partial charge in [0, 0.05) is 25.1 Å². The summed E-state index contributed by atoms with van der Waals surface area (Å²) in [6.07, 6.45) is 3.82. The van der Waals surface area contributed by atoms with Crippen molar-refractivity contribution in [1.82, 2.24) is 9.97 Å².